The fourth-order valence-electron chi connectivity index (χ4n) is 3.78. The van der Waals surface area contributed by atoms with Gasteiger partial charge in [0.1, 0.15) is 0 Å². The molecule has 0 radical (unpaired) electrons. The number of hydrogen-bond acceptors (Lipinski definition) is 0. The normalized spacial score (nSPS) is 12.7. The molecule has 1 aromatic carbocycles. The molecule has 0 aliphatic heterocycles. The zero-order chi connectivity index (χ0) is 17.0. The highest BCUT2D eigenvalue weighted by Gasteiger charge is 2.29. The van der Waals surface area contributed by atoms with Crippen molar-refractivity contribution in [1.82, 2.24) is 0 Å². The molecule has 0 heterocycles. The van der Waals surface area contributed by atoms with Crippen LogP contribution in [0.5, 0.6) is 0 Å². The van der Waals surface area contributed by atoms with Crippen LogP contribution in [0.15, 0.2) is 12.1 Å². The number of benzene rings is 1. The lowest BCUT2D eigenvalue weighted by atomic mass is 10.2. The molecule has 0 spiro atoms. The van der Waals surface area contributed by atoms with E-state index >= 15 is 0 Å². The Morgan fingerprint density at radius 3 is 1.27 bits per heavy atom. The number of aryl methyl sites for hydroxylation is 2. The lowest BCUT2D eigenvalue weighted by molar-refractivity contribution is 0.870. The molecule has 22 heavy (non-hydrogen) atoms. The van der Waals surface area contributed by atoms with Gasteiger partial charge in [0, 0.05) is 0 Å². The molecule has 0 saturated heterocycles. The first-order valence-electron chi connectivity index (χ1n) is 9.28. The monoisotopic (exact) mass is 334 g/mol. The SMILES string of the molecule is CCCC[Si](C)(C)c1cc(C)c([Si](C)(C)CCCC)cc1C. The summed E-state index contributed by atoms with van der Waals surface area (Å²) in [4.78, 5) is 0. The second-order valence-electron chi connectivity index (χ2n) is 8.46. The van der Waals surface area contributed by atoms with Crippen LogP contribution < -0.4 is 10.4 Å². The highest BCUT2D eigenvalue weighted by molar-refractivity contribution is 6.91. The van der Waals surface area contributed by atoms with Crippen LogP contribution in [-0.4, -0.2) is 16.1 Å². The van der Waals surface area contributed by atoms with Crippen molar-refractivity contribution in [2.75, 3.05) is 0 Å². The third-order valence-electron chi connectivity index (χ3n) is 5.34. The van der Waals surface area contributed by atoms with Crippen LogP contribution in [0.25, 0.3) is 0 Å². The van der Waals surface area contributed by atoms with E-state index < -0.39 is 16.1 Å². The highest BCUT2D eigenvalue weighted by atomic mass is 28.3. The molecule has 0 unspecified atom stereocenters. The van der Waals surface area contributed by atoms with Gasteiger partial charge >= 0.3 is 0 Å². The molecule has 0 aliphatic rings. The summed E-state index contributed by atoms with van der Waals surface area (Å²) in [6, 6.07) is 8.01. The number of hydrogen-bond donors (Lipinski definition) is 0. The summed E-state index contributed by atoms with van der Waals surface area (Å²) in [7, 11) is -2.54. The third-order valence-corrected chi connectivity index (χ3v) is 12.5. The minimum atomic E-state index is -1.27. The second-order valence-corrected chi connectivity index (χ2v) is 18.1. The van der Waals surface area contributed by atoms with Crippen LogP contribution in [0, 0.1) is 13.8 Å². The van der Waals surface area contributed by atoms with Crippen LogP contribution in [-0.2, 0) is 0 Å². The number of unbranched alkanes of at least 4 members (excludes halogenated alkanes) is 2. The molecule has 0 nitrogen and oxygen atoms in total. The highest BCUT2D eigenvalue weighted by Crippen LogP contribution is 2.20. The minimum absolute atomic E-state index is 1.27. The van der Waals surface area contributed by atoms with E-state index in [0.717, 1.165) is 0 Å². The molecule has 1 aromatic rings. The zero-order valence-electron chi connectivity index (χ0n) is 16.4. The van der Waals surface area contributed by atoms with Crippen molar-refractivity contribution >= 4 is 26.5 Å². The van der Waals surface area contributed by atoms with Gasteiger partial charge in [0.2, 0.25) is 0 Å². The van der Waals surface area contributed by atoms with Gasteiger partial charge in [0.05, 0.1) is 16.1 Å². The standard InChI is InChI=1S/C20H38Si2/c1-9-11-13-21(5,6)19-15-18(4)20(16-17(19)3)22(7,8)14-12-10-2/h15-16H,9-14H2,1-8H3. The smallest absolute Gasteiger partial charge is 0.0654 e. The molecule has 0 aromatic heterocycles. The molecule has 2 heteroatoms. The Kier molecular flexibility index (Phi) is 7.13. The summed E-state index contributed by atoms with van der Waals surface area (Å²) < 4.78 is 0. The first kappa shape index (κ1) is 19.7. The molecular formula is C20H38Si2. The molecule has 0 aliphatic carbocycles. The maximum atomic E-state index is 2.58. The predicted molar refractivity (Wildman–Crippen MR) is 110 cm³/mol. The fourth-order valence-corrected chi connectivity index (χ4v) is 10.3. The largest absolute Gasteiger partial charge is 0.0809 e. The van der Waals surface area contributed by atoms with Gasteiger partial charge in [0.25, 0.3) is 0 Å². The van der Waals surface area contributed by atoms with E-state index in [1.165, 1.54) is 37.8 Å². The van der Waals surface area contributed by atoms with Crippen molar-refractivity contribution in [2.24, 2.45) is 0 Å². The van der Waals surface area contributed by atoms with Crippen molar-refractivity contribution in [3.8, 4) is 0 Å². The van der Waals surface area contributed by atoms with E-state index in [4.69, 9.17) is 0 Å². The molecule has 0 amide bonds. The van der Waals surface area contributed by atoms with Gasteiger partial charge in [-0.1, -0.05) is 111 Å². The van der Waals surface area contributed by atoms with Gasteiger partial charge in [-0.05, 0) is 13.8 Å². The quantitative estimate of drug-likeness (QED) is 0.532. The fraction of sp³-hybridized carbons (Fsp3) is 0.700. The first-order valence-corrected chi connectivity index (χ1v) is 15.7. The molecule has 0 saturated carbocycles. The van der Waals surface area contributed by atoms with Crippen LogP contribution in [0.1, 0.15) is 50.7 Å². The average molecular weight is 335 g/mol. The molecule has 0 fully saturated rings. The molecular weight excluding hydrogens is 296 g/mol. The van der Waals surface area contributed by atoms with Crippen molar-refractivity contribution in [1.29, 1.82) is 0 Å². The maximum Gasteiger partial charge on any atom is 0.0809 e. The zero-order valence-corrected chi connectivity index (χ0v) is 18.4. The molecule has 0 atom stereocenters. The Balaban J connectivity index is 3.16. The Morgan fingerprint density at radius 1 is 0.682 bits per heavy atom. The van der Waals surface area contributed by atoms with E-state index in [1.807, 2.05) is 0 Å². The average Bonchev–Trinajstić information content (AvgIpc) is 2.44. The third kappa shape index (κ3) is 4.82. The Morgan fingerprint density at radius 2 is 1.00 bits per heavy atom. The predicted octanol–water partition coefficient (Wildman–Crippen LogP) is 5.73. The Labute approximate surface area is 141 Å². The summed E-state index contributed by atoms with van der Waals surface area (Å²) in [5, 5.41) is 3.42. The van der Waals surface area contributed by atoms with E-state index in [2.05, 4.69) is 66.0 Å². The van der Waals surface area contributed by atoms with Gasteiger partial charge in [-0.3, -0.25) is 0 Å². The van der Waals surface area contributed by atoms with E-state index in [-0.39, 0.29) is 0 Å². The Hall–Kier alpha value is -0.346. The van der Waals surface area contributed by atoms with Crippen molar-refractivity contribution in [3.63, 3.8) is 0 Å². The maximum absolute atomic E-state index is 2.58. The first-order chi connectivity index (χ1) is 10.2. The summed E-state index contributed by atoms with van der Waals surface area (Å²) >= 11 is 0. The van der Waals surface area contributed by atoms with Gasteiger partial charge in [0.15, 0.2) is 0 Å². The second kappa shape index (κ2) is 7.96. The van der Waals surface area contributed by atoms with Crippen LogP contribution in [0.4, 0.5) is 0 Å². The van der Waals surface area contributed by atoms with Crippen LogP contribution >= 0.6 is 0 Å². The van der Waals surface area contributed by atoms with Gasteiger partial charge in [-0.15, -0.1) is 0 Å². The summed E-state index contributed by atoms with van der Waals surface area (Å²) in [6.45, 7) is 19.6. The summed E-state index contributed by atoms with van der Waals surface area (Å²) in [5.74, 6) is 0. The van der Waals surface area contributed by atoms with E-state index in [9.17, 15) is 0 Å². The molecule has 126 valence electrons. The Bertz CT molecular complexity index is 441. The van der Waals surface area contributed by atoms with Crippen molar-refractivity contribution < 1.29 is 0 Å². The van der Waals surface area contributed by atoms with Crippen LogP contribution in [0.2, 0.25) is 38.3 Å². The topological polar surface area (TPSA) is 0 Å². The number of rotatable bonds is 8. The van der Waals surface area contributed by atoms with Crippen molar-refractivity contribution in [3.05, 3.63) is 23.3 Å². The van der Waals surface area contributed by atoms with E-state index in [0.29, 0.717) is 0 Å². The van der Waals surface area contributed by atoms with Gasteiger partial charge < -0.3 is 0 Å². The van der Waals surface area contributed by atoms with E-state index in [1.54, 1.807) is 21.5 Å². The lowest BCUT2D eigenvalue weighted by Gasteiger charge is -2.30. The summed E-state index contributed by atoms with van der Waals surface area (Å²) in [5.41, 5.74) is 3.15. The molecule has 0 bridgehead atoms. The lowest BCUT2D eigenvalue weighted by Crippen LogP contribution is -2.48. The summed E-state index contributed by atoms with van der Waals surface area (Å²) in [6.07, 6.45) is 5.42. The molecule has 0 N–H and O–H groups in total. The van der Waals surface area contributed by atoms with Gasteiger partial charge in [-0.2, -0.15) is 0 Å². The minimum Gasteiger partial charge on any atom is -0.0654 e. The van der Waals surface area contributed by atoms with Gasteiger partial charge in [-0.25, -0.2) is 0 Å². The van der Waals surface area contributed by atoms with Crippen LogP contribution in [0.3, 0.4) is 0 Å². The van der Waals surface area contributed by atoms with Crippen molar-refractivity contribution in [2.45, 2.75) is 91.7 Å². The molecule has 1 rings (SSSR count).